The third-order valence-electron chi connectivity index (χ3n) is 1.98. The van der Waals surface area contributed by atoms with Gasteiger partial charge in [0.05, 0.1) is 7.11 Å². The zero-order valence-corrected chi connectivity index (χ0v) is 8.86. The summed E-state index contributed by atoms with van der Waals surface area (Å²) in [7, 11) is 1.56. The summed E-state index contributed by atoms with van der Waals surface area (Å²) in [4.78, 5) is 0. The topological polar surface area (TPSA) is 68.3 Å². The first kappa shape index (κ1) is 11.3. The zero-order chi connectivity index (χ0) is 11.3. The second kappa shape index (κ2) is 5.23. The summed E-state index contributed by atoms with van der Waals surface area (Å²) in [6.45, 7) is 2.03. The van der Waals surface area contributed by atoms with Crippen LogP contribution in [-0.4, -0.2) is 13.2 Å². The third-order valence-corrected chi connectivity index (χ3v) is 1.98. The molecule has 0 aromatic heterocycles. The molecule has 1 aromatic carbocycles. The molecule has 0 radical (unpaired) electrons. The van der Waals surface area contributed by atoms with Crippen LogP contribution in [0.3, 0.4) is 0 Å². The third kappa shape index (κ3) is 2.61. The number of nitriles is 1. The van der Waals surface area contributed by atoms with Crippen molar-refractivity contribution in [1.29, 1.82) is 5.26 Å². The standard InChI is InChI=1S/C11H14N2O2/c1-8(6-12)15-11-9(7-13)4-3-5-10(11)14-2/h3-5,8H,7,13H2,1-2H3. The van der Waals surface area contributed by atoms with Crippen LogP contribution in [0.15, 0.2) is 18.2 Å². The van der Waals surface area contributed by atoms with Crippen LogP contribution in [0.4, 0.5) is 0 Å². The molecule has 15 heavy (non-hydrogen) atoms. The van der Waals surface area contributed by atoms with Crippen LogP contribution < -0.4 is 15.2 Å². The molecule has 0 fully saturated rings. The van der Waals surface area contributed by atoms with Crippen molar-refractivity contribution in [1.82, 2.24) is 0 Å². The molecule has 0 aliphatic rings. The molecule has 0 heterocycles. The summed E-state index contributed by atoms with van der Waals surface area (Å²) in [5, 5.41) is 8.68. The van der Waals surface area contributed by atoms with Gasteiger partial charge in [-0.2, -0.15) is 5.26 Å². The fraction of sp³-hybridized carbons (Fsp3) is 0.364. The average Bonchev–Trinajstić information content (AvgIpc) is 2.29. The average molecular weight is 206 g/mol. The van der Waals surface area contributed by atoms with Gasteiger partial charge in [-0.3, -0.25) is 0 Å². The van der Waals surface area contributed by atoms with Crippen LogP contribution in [-0.2, 0) is 6.54 Å². The molecule has 1 rings (SSSR count). The summed E-state index contributed by atoms with van der Waals surface area (Å²) < 4.78 is 10.6. The Labute approximate surface area is 89.2 Å². The van der Waals surface area contributed by atoms with E-state index in [1.807, 2.05) is 18.2 Å². The number of ether oxygens (including phenoxy) is 2. The van der Waals surface area contributed by atoms with E-state index in [0.717, 1.165) is 5.56 Å². The molecule has 1 aromatic rings. The number of nitrogens with zero attached hydrogens (tertiary/aromatic N) is 1. The maximum absolute atomic E-state index is 8.68. The van der Waals surface area contributed by atoms with Gasteiger partial charge in [-0.15, -0.1) is 0 Å². The summed E-state index contributed by atoms with van der Waals surface area (Å²) in [5.74, 6) is 1.15. The van der Waals surface area contributed by atoms with E-state index in [-0.39, 0.29) is 0 Å². The van der Waals surface area contributed by atoms with Crippen LogP contribution in [0.2, 0.25) is 0 Å². The van der Waals surface area contributed by atoms with Crippen LogP contribution in [0.1, 0.15) is 12.5 Å². The predicted molar refractivity (Wildman–Crippen MR) is 56.6 cm³/mol. The van der Waals surface area contributed by atoms with Gasteiger partial charge in [-0.05, 0) is 13.0 Å². The van der Waals surface area contributed by atoms with E-state index in [1.165, 1.54) is 0 Å². The molecule has 4 heteroatoms. The predicted octanol–water partition coefficient (Wildman–Crippen LogP) is 1.44. The zero-order valence-electron chi connectivity index (χ0n) is 8.86. The van der Waals surface area contributed by atoms with Crippen molar-refractivity contribution in [3.63, 3.8) is 0 Å². The van der Waals surface area contributed by atoms with Crippen LogP contribution in [0.5, 0.6) is 11.5 Å². The highest BCUT2D eigenvalue weighted by atomic mass is 16.5. The monoisotopic (exact) mass is 206 g/mol. The number of rotatable bonds is 4. The molecule has 0 saturated carbocycles. The van der Waals surface area contributed by atoms with E-state index < -0.39 is 6.10 Å². The SMILES string of the molecule is COc1cccc(CN)c1OC(C)C#N. The van der Waals surface area contributed by atoms with Gasteiger partial charge in [0.1, 0.15) is 6.07 Å². The number of para-hydroxylation sites is 1. The Balaban J connectivity index is 3.06. The lowest BCUT2D eigenvalue weighted by atomic mass is 10.2. The van der Waals surface area contributed by atoms with Crippen molar-refractivity contribution in [3.8, 4) is 17.6 Å². The van der Waals surface area contributed by atoms with Gasteiger partial charge >= 0.3 is 0 Å². The molecular weight excluding hydrogens is 192 g/mol. The first-order valence-electron chi connectivity index (χ1n) is 4.65. The summed E-state index contributed by atoms with van der Waals surface area (Å²) in [6, 6.07) is 7.46. The lowest BCUT2D eigenvalue weighted by Crippen LogP contribution is -2.12. The summed E-state index contributed by atoms with van der Waals surface area (Å²) >= 11 is 0. The Bertz CT molecular complexity index is 349. The van der Waals surface area contributed by atoms with Gasteiger partial charge < -0.3 is 15.2 Å². The molecule has 1 unspecified atom stereocenters. The number of methoxy groups -OCH3 is 1. The van der Waals surface area contributed by atoms with E-state index in [1.54, 1.807) is 20.1 Å². The normalized spacial score (nSPS) is 11.6. The molecule has 0 amide bonds. The number of hydrogen-bond donors (Lipinski definition) is 1. The summed E-state index contributed by atoms with van der Waals surface area (Å²) in [6.07, 6.45) is -0.522. The Hall–Kier alpha value is -1.73. The van der Waals surface area contributed by atoms with E-state index in [9.17, 15) is 0 Å². The Morgan fingerprint density at radius 1 is 1.53 bits per heavy atom. The van der Waals surface area contributed by atoms with Crippen molar-refractivity contribution < 1.29 is 9.47 Å². The first-order valence-corrected chi connectivity index (χ1v) is 4.65. The van der Waals surface area contributed by atoms with Gasteiger partial charge in [-0.1, -0.05) is 12.1 Å². The lowest BCUT2D eigenvalue weighted by Gasteiger charge is -2.15. The number of hydrogen-bond acceptors (Lipinski definition) is 4. The lowest BCUT2D eigenvalue weighted by molar-refractivity contribution is 0.257. The van der Waals surface area contributed by atoms with Crippen molar-refractivity contribution in [2.24, 2.45) is 5.73 Å². The molecular formula is C11H14N2O2. The smallest absolute Gasteiger partial charge is 0.181 e. The minimum atomic E-state index is -0.522. The Morgan fingerprint density at radius 3 is 2.80 bits per heavy atom. The summed E-state index contributed by atoms with van der Waals surface area (Å²) in [5.41, 5.74) is 6.40. The van der Waals surface area contributed by atoms with Gasteiger partial charge in [0.25, 0.3) is 0 Å². The van der Waals surface area contributed by atoms with Gasteiger partial charge in [0.15, 0.2) is 17.6 Å². The number of benzene rings is 1. The molecule has 1 atom stereocenters. The quantitative estimate of drug-likeness (QED) is 0.809. The van der Waals surface area contributed by atoms with E-state index in [4.69, 9.17) is 20.5 Å². The van der Waals surface area contributed by atoms with Crippen molar-refractivity contribution in [2.45, 2.75) is 19.6 Å². The second-order valence-electron chi connectivity index (χ2n) is 3.04. The molecule has 2 N–H and O–H groups in total. The Kier molecular flexibility index (Phi) is 3.95. The fourth-order valence-corrected chi connectivity index (χ4v) is 1.22. The number of nitrogens with two attached hydrogens (primary N) is 1. The van der Waals surface area contributed by atoms with Crippen LogP contribution >= 0.6 is 0 Å². The van der Waals surface area contributed by atoms with Crippen molar-refractivity contribution >= 4 is 0 Å². The highest BCUT2D eigenvalue weighted by Gasteiger charge is 2.12. The fourth-order valence-electron chi connectivity index (χ4n) is 1.22. The molecule has 0 spiro atoms. The first-order chi connectivity index (χ1) is 7.22. The highest BCUT2D eigenvalue weighted by Crippen LogP contribution is 2.31. The van der Waals surface area contributed by atoms with Crippen molar-refractivity contribution in [2.75, 3.05) is 7.11 Å². The molecule has 80 valence electrons. The maximum Gasteiger partial charge on any atom is 0.181 e. The highest BCUT2D eigenvalue weighted by molar-refractivity contribution is 5.46. The van der Waals surface area contributed by atoms with E-state index in [0.29, 0.717) is 18.0 Å². The molecule has 4 nitrogen and oxygen atoms in total. The molecule has 0 aliphatic heterocycles. The van der Waals surface area contributed by atoms with Crippen molar-refractivity contribution in [3.05, 3.63) is 23.8 Å². The molecule has 0 bridgehead atoms. The van der Waals surface area contributed by atoms with E-state index >= 15 is 0 Å². The van der Waals surface area contributed by atoms with Gasteiger partial charge in [0, 0.05) is 12.1 Å². The Morgan fingerprint density at radius 2 is 2.27 bits per heavy atom. The second-order valence-corrected chi connectivity index (χ2v) is 3.04. The van der Waals surface area contributed by atoms with Crippen LogP contribution in [0.25, 0.3) is 0 Å². The maximum atomic E-state index is 8.68. The molecule has 0 saturated heterocycles. The van der Waals surface area contributed by atoms with Gasteiger partial charge in [0.2, 0.25) is 0 Å². The van der Waals surface area contributed by atoms with Gasteiger partial charge in [-0.25, -0.2) is 0 Å². The molecule has 0 aliphatic carbocycles. The minimum absolute atomic E-state index is 0.352. The van der Waals surface area contributed by atoms with E-state index in [2.05, 4.69) is 0 Å². The van der Waals surface area contributed by atoms with Crippen LogP contribution in [0, 0.1) is 11.3 Å². The largest absolute Gasteiger partial charge is 0.493 e. The minimum Gasteiger partial charge on any atom is -0.493 e.